The molecule has 1 aromatic heterocycles. The van der Waals surface area contributed by atoms with Gasteiger partial charge < -0.3 is 14.8 Å². The first-order valence-corrected chi connectivity index (χ1v) is 5.51. The van der Waals surface area contributed by atoms with Crippen LogP contribution in [0.1, 0.15) is 10.6 Å². The van der Waals surface area contributed by atoms with Gasteiger partial charge in [0.05, 0.1) is 10.2 Å². The minimum absolute atomic E-state index is 0.0328. The Labute approximate surface area is 108 Å². The third kappa shape index (κ3) is 2.51. The largest absolute Gasteiger partial charge is 0.475 e. The van der Waals surface area contributed by atoms with Gasteiger partial charge in [-0.2, -0.15) is 0 Å². The quantitative estimate of drug-likeness (QED) is 0.846. The summed E-state index contributed by atoms with van der Waals surface area (Å²) in [5, 5.41) is 11.2. The van der Waals surface area contributed by atoms with E-state index in [1.165, 1.54) is 18.2 Å². The number of carbonyl (C=O) groups is 1. The summed E-state index contributed by atoms with van der Waals surface area (Å²) in [6.07, 6.45) is 0. The molecule has 0 aliphatic rings. The van der Waals surface area contributed by atoms with Crippen LogP contribution >= 0.6 is 15.9 Å². The van der Waals surface area contributed by atoms with E-state index in [1.54, 1.807) is 0 Å². The molecule has 0 saturated carbocycles. The first kappa shape index (κ1) is 12.6. The van der Waals surface area contributed by atoms with Crippen LogP contribution < -0.4 is 5.32 Å². The second-order valence-electron chi connectivity index (χ2n) is 3.34. The Balaban J connectivity index is 2.28. The highest BCUT2D eigenvalue weighted by Crippen LogP contribution is 2.27. The molecule has 1 aromatic carbocycles. The monoisotopic (exact) mass is 317 g/mol. The van der Waals surface area contributed by atoms with Crippen LogP contribution in [0.4, 0.5) is 20.4 Å². The average Bonchev–Trinajstić information content (AvgIpc) is 2.74. The normalized spacial score (nSPS) is 10.4. The second-order valence-corrected chi connectivity index (χ2v) is 4.19. The SMILES string of the molecule is O=C(O)c1ccc(Nc2cc(Br)c(F)cc2F)o1. The number of aromatic carboxylic acids is 1. The first-order chi connectivity index (χ1) is 8.47. The van der Waals surface area contributed by atoms with Gasteiger partial charge in [0, 0.05) is 12.1 Å². The molecule has 0 fully saturated rings. The molecule has 7 heteroatoms. The van der Waals surface area contributed by atoms with Crippen LogP contribution in [0.5, 0.6) is 0 Å². The third-order valence-electron chi connectivity index (χ3n) is 2.08. The first-order valence-electron chi connectivity index (χ1n) is 4.72. The lowest BCUT2D eigenvalue weighted by molar-refractivity contribution is 0.0663. The molecule has 2 aromatic rings. The average molecular weight is 318 g/mol. The Hall–Kier alpha value is -1.89. The van der Waals surface area contributed by atoms with Crippen LogP contribution in [0.2, 0.25) is 0 Å². The van der Waals surface area contributed by atoms with E-state index in [0.29, 0.717) is 6.07 Å². The molecule has 0 aliphatic heterocycles. The highest BCUT2D eigenvalue weighted by molar-refractivity contribution is 9.10. The van der Waals surface area contributed by atoms with E-state index in [4.69, 9.17) is 9.52 Å². The van der Waals surface area contributed by atoms with Crippen molar-refractivity contribution in [3.8, 4) is 0 Å². The molecular weight excluding hydrogens is 312 g/mol. The number of furan rings is 1. The minimum Gasteiger partial charge on any atom is -0.475 e. The van der Waals surface area contributed by atoms with E-state index < -0.39 is 17.6 Å². The van der Waals surface area contributed by atoms with Crippen molar-refractivity contribution in [2.75, 3.05) is 5.32 Å². The van der Waals surface area contributed by atoms with E-state index in [2.05, 4.69) is 21.2 Å². The van der Waals surface area contributed by atoms with Crippen molar-refractivity contribution >= 4 is 33.5 Å². The molecule has 94 valence electrons. The number of carboxylic acids is 1. The Morgan fingerprint density at radius 3 is 2.61 bits per heavy atom. The van der Waals surface area contributed by atoms with E-state index in [-0.39, 0.29) is 21.8 Å². The molecule has 0 atom stereocenters. The van der Waals surface area contributed by atoms with E-state index in [1.807, 2.05) is 0 Å². The number of halogens is 3. The smallest absolute Gasteiger partial charge is 0.371 e. The number of hydrogen-bond acceptors (Lipinski definition) is 3. The summed E-state index contributed by atoms with van der Waals surface area (Å²) in [6.45, 7) is 0. The Kier molecular flexibility index (Phi) is 3.33. The molecule has 0 bridgehead atoms. The van der Waals surface area contributed by atoms with Gasteiger partial charge in [-0.15, -0.1) is 0 Å². The predicted octanol–water partition coefficient (Wildman–Crippen LogP) is 3.76. The zero-order valence-electron chi connectivity index (χ0n) is 8.71. The van der Waals surface area contributed by atoms with Crippen LogP contribution in [0.25, 0.3) is 0 Å². The highest BCUT2D eigenvalue weighted by atomic mass is 79.9. The molecule has 0 unspecified atom stereocenters. The standard InChI is InChI=1S/C11H6BrF2NO3/c12-5-3-8(7(14)4-6(5)13)15-10-2-1-9(18-10)11(16)17/h1-4,15H,(H,16,17). The molecule has 0 radical (unpaired) electrons. The van der Waals surface area contributed by atoms with E-state index in [0.717, 1.165) is 0 Å². The van der Waals surface area contributed by atoms with Crippen molar-refractivity contribution in [3.05, 3.63) is 46.1 Å². The molecule has 18 heavy (non-hydrogen) atoms. The van der Waals surface area contributed by atoms with Crippen molar-refractivity contribution in [1.29, 1.82) is 0 Å². The van der Waals surface area contributed by atoms with Gasteiger partial charge in [-0.1, -0.05) is 0 Å². The summed E-state index contributed by atoms with van der Waals surface area (Å²) >= 11 is 2.92. The van der Waals surface area contributed by atoms with Crippen LogP contribution in [-0.4, -0.2) is 11.1 Å². The Bertz CT molecular complexity index is 612. The third-order valence-corrected chi connectivity index (χ3v) is 2.69. The van der Waals surface area contributed by atoms with E-state index in [9.17, 15) is 13.6 Å². The highest BCUT2D eigenvalue weighted by Gasteiger charge is 2.12. The van der Waals surface area contributed by atoms with Crippen LogP contribution in [0.3, 0.4) is 0 Å². The van der Waals surface area contributed by atoms with Gasteiger partial charge in [-0.05, 0) is 28.1 Å². The van der Waals surface area contributed by atoms with Gasteiger partial charge in [-0.3, -0.25) is 0 Å². The fourth-order valence-electron chi connectivity index (χ4n) is 1.27. The van der Waals surface area contributed by atoms with Gasteiger partial charge in [0.15, 0.2) is 5.88 Å². The molecule has 0 spiro atoms. The molecule has 0 aliphatic carbocycles. The summed E-state index contributed by atoms with van der Waals surface area (Å²) in [5.41, 5.74) is -0.0328. The van der Waals surface area contributed by atoms with Crippen LogP contribution in [-0.2, 0) is 0 Å². The second kappa shape index (κ2) is 4.77. The van der Waals surface area contributed by atoms with Gasteiger partial charge >= 0.3 is 5.97 Å². The van der Waals surface area contributed by atoms with Gasteiger partial charge in [0.1, 0.15) is 11.6 Å². The Morgan fingerprint density at radius 2 is 2.00 bits per heavy atom. The summed E-state index contributed by atoms with van der Waals surface area (Å²) in [6, 6.07) is 4.45. The number of hydrogen-bond donors (Lipinski definition) is 2. The summed E-state index contributed by atoms with van der Waals surface area (Å²) in [4.78, 5) is 10.6. The lowest BCUT2D eigenvalue weighted by Crippen LogP contribution is -1.95. The summed E-state index contributed by atoms with van der Waals surface area (Å²) in [5.74, 6) is -3.01. The molecular formula is C11H6BrF2NO3. The van der Waals surface area contributed by atoms with Crippen LogP contribution in [0.15, 0.2) is 33.2 Å². The topological polar surface area (TPSA) is 62.5 Å². The summed E-state index contributed by atoms with van der Waals surface area (Å²) in [7, 11) is 0. The number of carboxylic acid groups (broad SMARTS) is 1. The Morgan fingerprint density at radius 1 is 1.28 bits per heavy atom. The molecule has 1 heterocycles. The maximum atomic E-state index is 13.4. The predicted molar refractivity (Wildman–Crippen MR) is 63.0 cm³/mol. The van der Waals surface area contributed by atoms with E-state index >= 15 is 0 Å². The molecule has 4 nitrogen and oxygen atoms in total. The fraction of sp³-hybridized carbons (Fsp3) is 0. The van der Waals surface area contributed by atoms with Crippen molar-refractivity contribution in [3.63, 3.8) is 0 Å². The van der Waals surface area contributed by atoms with Crippen LogP contribution in [0, 0.1) is 11.6 Å². The summed E-state index contributed by atoms with van der Waals surface area (Å²) < 4.78 is 31.4. The van der Waals surface area contributed by atoms with Gasteiger partial charge in [0.25, 0.3) is 0 Å². The maximum absolute atomic E-state index is 13.4. The molecule has 0 saturated heterocycles. The van der Waals surface area contributed by atoms with Crippen molar-refractivity contribution in [2.45, 2.75) is 0 Å². The maximum Gasteiger partial charge on any atom is 0.371 e. The lowest BCUT2D eigenvalue weighted by atomic mass is 10.3. The zero-order valence-corrected chi connectivity index (χ0v) is 10.3. The fourth-order valence-corrected chi connectivity index (χ4v) is 1.61. The zero-order chi connectivity index (χ0) is 13.3. The molecule has 2 N–H and O–H groups in total. The van der Waals surface area contributed by atoms with Crippen molar-refractivity contribution < 1.29 is 23.1 Å². The lowest BCUT2D eigenvalue weighted by Gasteiger charge is -2.05. The minimum atomic E-state index is -1.23. The van der Waals surface area contributed by atoms with Gasteiger partial charge in [0.2, 0.25) is 5.76 Å². The number of rotatable bonds is 3. The molecule has 2 rings (SSSR count). The number of nitrogens with one attached hydrogen (secondary N) is 1. The molecule has 0 amide bonds. The number of benzene rings is 1. The van der Waals surface area contributed by atoms with Gasteiger partial charge in [-0.25, -0.2) is 13.6 Å². The number of anilines is 2. The van der Waals surface area contributed by atoms with Crippen molar-refractivity contribution in [1.82, 2.24) is 0 Å². The van der Waals surface area contributed by atoms with Crippen molar-refractivity contribution in [2.24, 2.45) is 0 Å².